The number of rotatable bonds is 3. The molecule has 0 aliphatic heterocycles. The summed E-state index contributed by atoms with van der Waals surface area (Å²) in [5.74, 6) is 0. The van der Waals surface area contributed by atoms with Crippen molar-refractivity contribution in [3.63, 3.8) is 0 Å². The summed E-state index contributed by atoms with van der Waals surface area (Å²) in [6.07, 6.45) is 20.6. The third-order valence-corrected chi connectivity index (χ3v) is 5.49. The summed E-state index contributed by atoms with van der Waals surface area (Å²) in [5.41, 5.74) is -0.317. The second-order valence-corrected chi connectivity index (χ2v) is 7.34. The molecule has 2 fully saturated rings. The molecule has 2 aliphatic carbocycles. The van der Waals surface area contributed by atoms with E-state index in [1.54, 1.807) is 0 Å². The van der Waals surface area contributed by atoms with E-state index in [0.717, 1.165) is 12.8 Å². The lowest BCUT2D eigenvalue weighted by atomic mass is 10.0. The maximum atomic E-state index is 5.88. The van der Waals surface area contributed by atoms with Gasteiger partial charge in [-0.1, -0.05) is 64.2 Å². The number of azo groups is 1. The predicted octanol–water partition coefficient (Wildman–Crippen LogP) is 6.42. The van der Waals surface area contributed by atoms with E-state index in [9.17, 15) is 0 Å². The van der Waals surface area contributed by atoms with Gasteiger partial charge in [0.2, 0.25) is 0 Å². The van der Waals surface area contributed by atoms with Crippen LogP contribution in [0.25, 0.3) is 0 Å². The molecule has 0 aromatic rings. The summed E-state index contributed by atoms with van der Waals surface area (Å²) >= 11 is 0. The molecule has 128 valence electrons. The lowest BCUT2D eigenvalue weighted by molar-refractivity contribution is -0.0267. The first kappa shape index (κ1) is 17.9. The summed E-state index contributed by atoms with van der Waals surface area (Å²) < 4.78 is 5.88. The van der Waals surface area contributed by atoms with Crippen molar-refractivity contribution in [2.24, 2.45) is 10.2 Å². The van der Waals surface area contributed by atoms with Crippen LogP contribution in [0.2, 0.25) is 0 Å². The average Bonchev–Trinajstić information content (AvgIpc) is 2.75. The number of ether oxygens (including phenoxy) is 1. The van der Waals surface area contributed by atoms with Gasteiger partial charge in [-0.05, 0) is 38.5 Å². The van der Waals surface area contributed by atoms with E-state index in [2.05, 4.69) is 0 Å². The largest absolute Gasteiger partial charge is 0.355 e. The maximum Gasteiger partial charge on any atom is 0.178 e. The normalized spacial score (nSPS) is 26.4. The lowest BCUT2D eigenvalue weighted by Crippen LogP contribution is -2.29. The predicted molar refractivity (Wildman–Crippen MR) is 92.3 cm³/mol. The van der Waals surface area contributed by atoms with Gasteiger partial charge in [-0.3, -0.25) is 0 Å². The SMILES string of the molecule is COC1(N=NC2CCCCCCCC2)CCCCCCCC1. The molecular weight excluding hydrogens is 272 g/mol. The Morgan fingerprint density at radius 3 is 1.64 bits per heavy atom. The lowest BCUT2D eigenvalue weighted by Gasteiger charge is -2.27. The van der Waals surface area contributed by atoms with Crippen LogP contribution in [0.1, 0.15) is 103 Å². The molecule has 0 bridgehead atoms. The minimum atomic E-state index is -0.317. The molecule has 0 aromatic carbocycles. The minimum absolute atomic E-state index is 0.317. The van der Waals surface area contributed by atoms with E-state index in [4.69, 9.17) is 15.0 Å². The van der Waals surface area contributed by atoms with Crippen LogP contribution in [0, 0.1) is 0 Å². The Morgan fingerprint density at radius 1 is 0.682 bits per heavy atom. The fraction of sp³-hybridized carbons (Fsp3) is 1.00. The first-order chi connectivity index (χ1) is 10.8. The number of methoxy groups -OCH3 is 1. The summed E-state index contributed by atoms with van der Waals surface area (Å²) in [4.78, 5) is 0. The molecule has 2 rings (SSSR count). The van der Waals surface area contributed by atoms with Gasteiger partial charge in [0, 0.05) is 7.11 Å². The molecule has 0 unspecified atom stereocenters. The maximum absolute atomic E-state index is 5.88. The quantitative estimate of drug-likeness (QED) is 0.554. The van der Waals surface area contributed by atoms with Crippen LogP contribution in [-0.4, -0.2) is 18.9 Å². The van der Waals surface area contributed by atoms with Crippen LogP contribution in [-0.2, 0) is 4.74 Å². The zero-order valence-electron chi connectivity index (χ0n) is 14.7. The van der Waals surface area contributed by atoms with E-state index < -0.39 is 0 Å². The number of nitrogens with zero attached hydrogens (tertiary/aromatic N) is 2. The van der Waals surface area contributed by atoms with Crippen molar-refractivity contribution in [1.82, 2.24) is 0 Å². The fourth-order valence-corrected chi connectivity index (χ4v) is 3.89. The second kappa shape index (κ2) is 10.4. The highest BCUT2D eigenvalue weighted by Gasteiger charge is 2.29. The Bertz CT molecular complexity index is 297. The summed E-state index contributed by atoms with van der Waals surface area (Å²) in [6, 6.07) is 0.442. The first-order valence-electron chi connectivity index (χ1n) is 9.82. The molecule has 2 aliphatic rings. The molecule has 0 amide bonds. The molecule has 2 saturated carbocycles. The van der Waals surface area contributed by atoms with Crippen molar-refractivity contribution in [1.29, 1.82) is 0 Å². The molecule has 22 heavy (non-hydrogen) atoms. The van der Waals surface area contributed by atoms with Crippen molar-refractivity contribution in [3.05, 3.63) is 0 Å². The Hall–Kier alpha value is -0.440. The standard InChI is InChI=1S/C19H36N2O/c1-22-19(16-12-8-4-5-9-13-17-19)21-20-18-14-10-6-2-3-7-11-15-18/h18H,2-17H2,1H3. The second-order valence-electron chi connectivity index (χ2n) is 7.34. The summed E-state index contributed by atoms with van der Waals surface area (Å²) in [6.45, 7) is 0. The van der Waals surface area contributed by atoms with Crippen LogP contribution in [0.5, 0.6) is 0 Å². The molecule has 0 N–H and O–H groups in total. The Labute approximate surface area is 137 Å². The zero-order chi connectivity index (χ0) is 15.5. The van der Waals surface area contributed by atoms with Gasteiger partial charge >= 0.3 is 0 Å². The van der Waals surface area contributed by atoms with Crippen LogP contribution in [0.3, 0.4) is 0 Å². The monoisotopic (exact) mass is 308 g/mol. The molecule has 0 aromatic heterocycles. The van der Waals surface area contributed by atoms with E-state index in [1.807, 2.05) is 7.11 Å². The Balaban J connectivity index is 1.94. The van der Waals surface area contributed by atoms with Gasteiger partial charge in [-0.2, -0.15) is 10.2 Å². The van der Waals surface area contributed by atoms with Crippen molar-refractivity contribution in [2.75, 3.05) is 7.11 Å². The van der Waals surface area contributed by atoms with Crippen molar-refractivity contribution < 1.29 is 4.74 Å². The van der Waals surface area contributed by atoms with Crippen LogP contribution >= 0.6 is 0 Å². The Morgan fingerprint density at radius 2 is 1.14 bits per heavy atom. The molecule has 0 atom stereocenters. The molecule has 0 heterocycles. The Kier molecular flexibility index (Phi) is 8.43. The minimum Gasteiger partial charge on any atom is -0.355 e. The van der Waals surface area contributed by atoms with Crippen molar-refractivity contribution in [2.45, 2.75) is 114 Å². The van der Waals surface area contributed by atoms with E-state index in [-0.39, 0.29) is 5.72 Å². The van der Waals surface area contributed by atoms with Gasteiger partial charge in [-0.15, -0.1) is 0 Å². The smallest absolute Gasteiger partial charge is 0.178 e. The highest BCUT2D eigenvalue weighted by atomic mass is 16.5. The van der Waals surface area contributed by atoms with Crippen molar-refractivity contribution >= 4 is 0 Å². The zero-order valence-corrected chi connectivity index (χ0v) is 14.7. The van der Waals surface area contributed by atoms with Gasteiger partial charge in [-0.25, -0.2) is 0 Å². The van der Waals surface area contributed by atoms with Crippen LogP contribution < -0.4 is 0 Å². The van der Waals surface area contributed by atoms with Gasteiger partial charge in [0.25, 0.3) is 0 Å². The van der Waals surface area contributed by atoms with E-state index in [0.29, 0.717) is 6.04 Å². The summed E-state index contributed by atoms with van der Waals surface area (Å²) in [7, 11) is 1.83. The van der Waals surface area contributed by atoms with Crippen LogP contribution in [0.15, 0.2) is 10.2 Å². The topological polar surface area (TPSA) is 34.0 Å². The number of hydrogen-bond acceptors (Lipinski definition) is 3. The number of hydrogen-bond donors (Lipinski definition) is 0. The van der Waals surface area contributed by atoms with Gasteiger partial charge in [0.15, 0.2) is 5.72 Å². The molecule has 0 saturated heterocycles. The molecule has 0 spiro atoms. The van der Waals surface area contributed by atoms with Gasteiger partial charge in [0.1, 0.15) is 0 Å². The average molecular weight is 309 g/mol. The third-order valence-electron chi connectivity index (χ3n) is 5.49. The molecule has 3 nitrogen and oxygen atoms in total. The van der Waals surface area contributed by atoms with E-state index >= 15 is 0 Å². The van der Waals surface area contributed by atoms with Gasteiger partial charge in [0.05, 0.1) is 6.04 Å². The van der Waals surface area contributed by atoms with Gasteiger partial charge < -0.3 is 4.74 Å². The summed E-state index contributed by atoms with van der Waals surface area (Å²) in [5, 5.41) is 9.60. The third kappa shape index (κ3) is 6.36. The van der Waals surface area contributed by atoms with E-state index in [1.165, 1.54) is 89.9 Å². The van der Waals surface area contributed by atoms with Crippen molar-refractivity contribution in [3.8, 4) is 0 Å². The molecule has 0 radical (unpaired) electrons. The van der Waals surface area contributed by atoms with Crippen LogP contribution in [0.4, 0.5) is 0 Å². The fourth-order valence-electron chi connectivity index (χ4n) is 3.89. The first-order valence-corrected chi connectivity index (χ1v) is 9.82. The molecular formula is C19H36N2O. The highest BCUT2D eigenvalue weighted by molar-refractivity contribution is 4.79. The highest BCUT2D eigenvalue weighted by Crippen LogP contribution is 2.31. The molecule has 3 heteroatoms.